The molecule has 2 nitrogen and oxygen atoms in total. The molecule has 0 amide bonds. The van der Waals surface area contributed by atoms with Crippen LogP contribution in [0.2, 0.25) is 0 Å². The lowest BCUT2D eigenvalue weighted by Crippen LogP contribution is -2.12. The second-order valence-corrected chi connectivity index (χ2v) is 6.81. The van der Waals surface area contributed by atoms with E-state index in [1.807, 2.05) is 6.92 Å². The molecule has 1 saturated carbocycles. The van der Waals surface area contributed by atoms with Crippen molar-refractivity contribution >= 4 is 12.0 Å². The highest BCUT2D eigenvalue weighted by atomic mass is 16.4. The van der Waals surface area contributed by atoms with Crippen molar-refractivity contribution in [1.82, 2.24) is 0 Å². The zero-order valence-corrected chi connectivity index (χ0v) is 14.0. The van der Waals surface area contributed by atoms with Crippen LogP contribution < -0.4 is 0 Å². The van der Waals surface area contributed by atoms with Gasteiger partial charge in [-0.3, -0.25) is 4.79 Å². The van der Waals surface area contributed by atoms with E-state index in [2.05, 4.69) is 44.2 Å². The molecule has 2 rings (SSSR count). The third kappa shape index (κ3) is 4.72. The summed E-state index contributed by atoms with van der Waals surface area (Å²) in [5.74, 6) is 0.0992. The van der Waals surface area contributed by atoms with Gasteiger partial charge in [0.15, 0.2) is 0 Å². The Hall–Kier alpha value is -1.57. The summed E-state index contributed by atoms with van der Waals surface area (Å²) < 4.78 is 0. The van der Waals surface area contributed by atoms with Gasteiger partial charge in [0.05, 0.1) is 5.92 Å². The summed E-state index contributed by atoms with van der Waals surface area (Å²) in [6.45, 7) is 6.17. The molecule has 0 spiro atoms. The van der Waals surface area contributed by atoms with Crippen LogP contribution in [0.25, 0.3) is 6.08 Å². The lowest BCUT2D eigenvalue weighted by molar-refractivity contribution is -0.141. The number of carbonyl (C=O) groups is 1. The van der Waals surface area contributed by atoms with Crippen LogP contribution in [0.1, 0.15) is 57.1 Å². The van der Waals surface area contributed by atoms with E-state index in [-0.39, 0.29) is 5.92 Å². The second kappa shape index (κ2) is 7.62. The van der Waals surface area contributed by atoms with Crippen molar-refractivity contribution < 1.29 is 9.90 Å². The minimum atomic E-state index is -0.648. The summed E-state index contributed by atoms with van der Waals surface area (Å²) in [4.78, 5) is 11.1. The predicted molar refractivity (Wildman–Crippen MR) is 91.7 cm³/mol. The van der Waals surface area contributed by atoms with Gasteiger partial charge in [0.25, 0.3) is 0 Å². The fourth-order valence-corrected chi connectivity index (χ4v) is 3.17. The van der Waals surface area contributed by atoms with Crippen LogP contribution in [0.4, 0.5) is 0 Å². The van der Waals surface area contributed by atoms with Crippen molar-refractivity contribution in [3.05, 3.63) is 41.0 Å². The first-order valence-corrected chi connectivity index (χ1v) is 8.50. The van der Waals surface area contributed by atoms with Gasteiger partial charge in [0.2, 0.25) is 0 Å². The highest BCUT2D eigenvalue weighted by Gasteiger charge is 2.43. The molecule has 0 aliphatic heterocycles. The van der Waals surface area contributed by atoms with Gasteiger partial charge in [-0.2, -0.15) is 0 Å². The van der Waals surface area contributed by atoms with Crippen LogP contribution in [-0.4, -0.2) is 11.1 Å². The molecular formula is C20H28O2. The molecule has 3 unspecified atom stereocenters. The summed E-state index contributed by atoms with van der Waals surface area (Å²) in [5, 5.41) is 9.13. The first kappa shape index (κ1) is 16.8. The summed E-state index contributed by atoms with van der Waals surface area (Å²) in [6, 6.07) is 8.64. The molecule has 1 fully saturated rings. The van der Waals surface area contributed by atoms with Gasteiger partial charge in [-0.15, -0.1) is 0 Å². The molecule has 3 atom stereocenters. The van der Waals surface area contributed by atoms with Gasteiger partial charge in [0, 0.05) is 0 Å². The highest BCUT2D eigenvalue weighted by molar-refractivity contribution is 5.70. The van der Waals surface area contributed by atoms with Gasteiger partial charge in [-0.25, -0.2) is 0 Å². The summed E-state index contributed by atoms with van der Waals surface area (Å²) >= 11 is 0. The average molecular weight is 300 g/mol. The predicted octanol–water partition coefficient (Wildman–Crippen LogP) is 5.32. The number of aryl methyl sites for hydroxylation is 1. The van der Waals surface area contributed by atoms with Crippen LogP contribution in [0.3, 0.4) is 0 Å². The third-order valence-electron chi connectivity index (χ3n) is 4.83. The Morgan fingerprint density at radius 2 is 2.05 bits per heavy atom. The quantitative estimate of drug-likeness (QED) is 0.706. The first-order chi connectivity index (χ1) is 10.5. The van der Waals surface area contributed by atoms with Crippen molar-refractivity contribution in [2.45, 2.75) is 52.9 Å². The molecule has 0 bridgehead atoms. The third-order valence-corrected chi connectivity index (χ3v) is 4.83. The topological polar surface area (TPSA) is 37.3 Å². The molecule has 1 aliphatic carbocycles. The Labute approximate surface area is 134 Å². The summed E-state index contributed by atoms with van der Waals surface area (Å²) in [7, 11) is 0. The van der Waals surface area contributed by atoms with Gasteiger partial charge >= 0.3 is 5.97 Å². The smallest absolute Gasteiger partial charge is 0.306 e. The van der Waals surface area contributed by atoms with E-state index in [4.69, 9.17) is 5.11 Å². The Morgan fingerprint density at radius 1 is 1.36 bits per heavy atom. The van der Waals surface area contributed by atoms with E-state index in [9.17, 15) is 4.79 Å². The van der Waals surface area contributed by atoms with Crippen molar-refractivity contribution in [3.8, 4) is 0 Å². The van der Waals surface area contributed by atoms with E-state index >= 15 is 0 Å². The van der Waals surface area contributed by atoms with Crippen molar-refractivity contribution in [1.29, 1.82) is 0 Å². The maximum Gasteiger partial charge on any atom is 0.306 e. The number of rotatable bonds is 8. The zero-order valence-electron chi connectivity index (χ0n) is 14.0. The Bertz CT molecular complexity index is 527. The number of allylic oxidation sites excluding steroid dienone is 1. The number of benzene rings is 1. The fourth-order valence-electron chi connectivity index (χ4n) is 3.17. The van der Waals surface area contributed by atoms with Crippen LogP contribution in [0.5, 0.6) is 0 Å². The van der Waals surface area contributed by atoms with Crippen LogP contribution in [0, 0.1) is 24.7 Å². The molecule has 1 aliphatic rings. The number of hydrogen-bond donors (Lipinski definition) is 1. The van der Waals surface area contributed by atoms with Gasteiger partial charge in [0.1, 0.15) is 0 Å². The number of carboxylic acid groups (broad SMARTS) is 1. The van der Waals surface area contributed by atoms with E-state index < -0.39 is 5.97 Å². The van der Waals surface area contributed by atoms with Gasteiger partial charge < -0.3 is 5.11 Å². The van der Waals surface area contributed by atoms with E-state index in [1.54, 1.807) is 0 Å². The summed E-state index contributed by atoms with van der Waals surface area (Å²) in [6.07, 6.45) is 8.00. The summed E-state index contributed by atoms with van der Waals surface area (Å²) in [5.41, 5.74) is 4.03. The number of carboxylic acids is 1. The first-order valence-electron chi connectivity index (χ1n) is 8.50. The lowest BCUT2D eigenvalue weighted by Gasteiger charge is -2.09. The van der Waals surface area contributed by atoms with E-state index in [1.165, 1.54) is 29.5 Å². The highest BCUT2D eigenvalue weighted by Crippen LogP contribution is 2.48. The maximum absolute atomic E-state index is 11.1. The van der Waals surface area contributed by atoms with Crippen molar-refractivity contribution in [2.75, 3.05) is 0 Å². The molecular weight excluding hydrogens is 272 g/mol. The zero-order chi connectivity index (χ0) is 16.1. The molecule has 1 aromatic carbocycles. The van der Waals surface area contributed by atoms with Crippen LogP contribution in [-0.2, 0) is 4.79 Å². The minimum Gasteiger partial charge on any atom is -0.481 e. The molecule has 1 N–H and O–H groups in total. The largest absolute Gasteiger partial charge is 0.481 e. The Balaban J connectivity index is 2.01. The van der Waals surface area contributed by atoms with Gasteiger partial charge in [-0.1, -0.05) is 61.7 Å². The average Bonchev–Trinajstić information content (AvgIpc) is 3.25. The normalized spacial score (nSPS) is 22.4. The molecule has 0 saturated heterocycles. The maximum atomic E-state index is 11.1. The van der Waals surface area contributed by atoms with Crippen molar-refractivity contribution in [3.63, 3.8) is 0 Å². The second-order valence-electron chi connectivity index (χ2n) is 6.81. The van der Waals surface area contributed by atoms with Crippen molar-refractivity contribution in [2.24, 2.45) is 17.8 Å². The molecule has 0 radical (unpaired) electrons. The molecule has 22 heavy (non-hydrogen) atoms. The lowest BCUT2D eigenvalue weighted by atomic mass is 9.96. The molecule has 0 heterocycles. The van der Waals surface area contributed by atoms with Crippen LogP contribution in [0.15, 0.2) is 29.8 Å². The molecule has 2 heteroatoms. The SMILES string of the molecule is CCCCC(=Cc1ccc(C)cc1)CC1CC1C(C)C(=O)O. The Morgan fingerprint density at radius 3 is 2.64 bits per heavy atom. The molecule has 1 aromatic rings. The Kier molecular flexibility index (Phi) is 5.82. The standard InChI is InChI=1S/C20H28O2/c1-4-5-6-17(11-16-9-7-14(2)8-10-16)12-18-13-19(18)15(3)20(21)22/h7-11,15,18-19H,4-6,12-13H2,1-3H3,(H,21,22). The minimum absolute atomic E-state index is 0.197. The molecule has 0 aromatic heterocycles. The molecule has 120 valence electrons. The number of hydrogen-bond acceptors (Lipinski definition) is 1. The monoisotopic (exact) mass is 300 g/mol. The number of unbranched alkanes of at least 4 members (excludes halogenated alkanes) is 1. The van der Waals surface area contributed by atoms with E-state index in [0.29, 0.717) is 11.8 Å². The van der Waals surface area contributed by atoms with E-state index in [0.717, 1.165) is 19.3 Å². The number of aliphatic carboxylic acids is 1. The van der Waals surface area contributed by atoms with Crippen LogP contribution >= 0.6 is 0 Å². The fraction of sp³-hybridized carbons (Fsp3) is 0.550. The van der Waals surface area contributed by atoms with Gasteiger partial charge in [-0.05, 0) is 50.0 Å².